The highest BCUT2D eigenvalue weighted by Crippen LogP contribution is 2.29. The Balaban J connectivity index is 1.63. The molecule has 0 aliphatic carbocycles. The molecule has 5 nitrogen and oxygen atoms in total. The number of aryl methyl sites for hydroxylation is 1. The van der Waals surface area contributed by atoms with Crippen LogP contribution >= 0.6 is 11.6 Å². The summed E-state index contributed by atoms with van der Waals surface area (Å²) in [6, 6.07) is 20.4. The molecule has 0 bridgehead atoms. The van der Waals surface area contributed by atoms with Crippen LogP contribution in [0.25, 0.3) is 16.8 Å². The minimum atomic E-state index is -0.200. The summed E-state index contributed by atoms with van der Waals surface area (Å²) in [4.78, 5) is 17.3. The Morgan fingerprint density at radius 2 is 1.83 bits per heavy atom. The summed E-state index contributed by atoms with van der Waals surface area (Å²) in [7, 11) is 1.60. The molecule has 1 N–H and O–H groups in total. The van der Waals surface area contributed by atoms with Gasteiger partial charge in [0.25, 0.3) is 5.91 Å². The second kappa shape index (κ2) is 8.43. The van der Waals surface area contributed by atoms with Crippen molar-refractivity contribution in [3.63, 3.8) is 0 Å². The number of halogens is 1. The number of benzene rings is 3. The largest absolute Gasteiger partial charge is 0.494 e. The maximum atomic E-state index is 13.0. The zero-order chi connectivity index (χ0) is 21.1. The first-order valence-corrected chi connectivity index (χ1v) is 9.78. The van der Waals surface area contributed by atoms with Crippen LogP contribution in [-0.2, 0) is 0 Å². The predicted molar refractivity (Wildman–Crippen MR) is 120 cm³/mol. The molecule has 0 aliphatic heterocycles. The van der Waals surface area contributed by atoms with E-state index in [9.17, 15) is 4.79 Å². The molecular formula is C24H20ClN3O2. The van der Waals surface area contributed by atoms with E-state index in [0.29, 0.717) is 22.0 Å². The third-order valence-electron chi connectivity index (χ3n) is 4.75. The van der Waals surface area contributed by atoms with Gasteiger partial charge in [-0.25, -0.2) is 4.98 Å². The van der Waals surface area contributed by atoms with E-state index < -0.39 is 0 Å². The molecule has 6 heteroatoms. The van der Waals surface area contributed by atoms with Crippen molar-refractivity contribution in [1.29, 1.82) is 0 Å². The molecule has 0 saturated carbocycles. The first-order chi connectivity index (χ1) is 14.5. The van der Waals surface area contributed by atoms with Crippen LogP contribution in [0.15, 0.2) is 79.3 Å². The molecule has 0 atom stereocenters. The number of nitrogens with zero attached hydrogens (tertiary/aromatic N) is 2. The van der Waals surface area contributed by atoms with Gasteiger partial charge in [0.15, 0.2) is 0 Å². The van der Waals surface area contributed by atoms with E-state index in [2.05, 4.69) is 10.3 Å². The number of methoxy groups -OCH3 is 1. The number of hydrogen-bond donors (Lipinski definition) is 1. The number of rotatable bonds is 5. The summed E-state index contributed by atoms with van der Waals surface area (Å²) in [5.41, 5.74) is 4.74. The second-order valence-corrected chi connectivity index (χ2v) is 7.25. The quantitative estimate of drug-likeness (QED) is 0.449. The third-order valence-corrected chi connectivity index (χ3v) is 5.01. The number of nitrogens with one attached hydrogen (secondary N) is 1. The number of anilines is 1. The zero-order valence-corrected chi connectivity index (χ0v) is 17.4. The van der Waals surface area contributed by atoms with E-state index in [1.807, 2.05) is 72.3 Å². The molecule has 1 heterocycles. The molecule has 1 amide bonds. The fourth-order valence-electron chi connectivity index (χ4n) is 3.28. The number of imidazole rings is 1. The lowest BCUT2D eigenvalue weighted by molar-refractivity contribution is 0.102. The summed E-state index contributed by atoms with van der Waals surface area (Å²) >= 11 is 6.00. The molecule has 4 aromatic rings. The van der Waals surface area contributed by atoms with Crippen LogP contribution in [0.4, 0.5) is 5.69 Å². The minimum Gasteiger partial charge on any atom is -0.494 e. The molecule has 0 spiro atoms. The molecule has 30 heavy (non-hydrogen) atoms. The Hall–Kier alpha value is -3.57. The monoisotopic (exact) mass is 417 g/mol. The van der Waals surface area contributed by atoms with Gasteiger partial charge in [0.05, 0.1) is 24.8 Å². The molecule has 4 rings (SSSR count). The lowest BCUT2D eigenvalue weighted by Crippen LogP contribution is -2.13. The van der Waals surface area contributed by atoms with E-state index in [0.717, 1.165) is 22.5 Å². The van der Waals surface area contributed by atoms with Crippen molar-refractivity contribution in [3.05, 3.63) is 95.5 Å². The summed E-state index contributed by atoms with van der Waals surface area (Å²) < 4.78 is 7.41. The summed E-state index contributed by atoms with van der Waals surface area (Å²) in [5, 5.41) is 3.62. The number of aromatic nitrogens is 2. The SMILES string of the molecule is COc1cc(NC(=O)c2ccccc2-c2ccc(Cl)cc2)ccc1-n1cnc(C)c1. The van der Waals surface area contributed by atoms with Gasteiger partial charge < -0.3 is 14.6 Å². The van der Waals surface area contributed by atoms with E-state index in [-0.39, 0.29) is 5.91 Å². The Labute approximate surface area is 179 Å². The second-order valence-electron chi connectivity index (χ2n) is 6.82. The first kappa shape index (κ1) is 19.7. The van der Waals surface area contributed by atoms with Gasteiger partial charge in [0, 0.05) is 28.5 Å². The van der Waals surface area contributed by atoms with Crippen LogP contribution in [0.5, 0.6) is 5.75 Å². The molecular weight excluding hydrogens is 398 g/mol. The molecule has 0 radical (unpaired) electrons. The van der Waals surface area contributed by atoms with Crippen molar-refractivity contribution in [2.75, 3.05) is 12.4 Å². The van der Waals surface area contributed by atoms with Crippen LogP contribution < -0.4 is 10.1 Å². The van der Waals surface area contributed by atoms with Crippen LogP contribution in [0.3, 0.4) is 0 Å². The summed E-state index contributed by atoms with van der Waals surface area (Å²) in [6.07, 6.45) is 3.65. The van der Waals surface area contributed by atoms with E-state index in [1.165, 1.54) is 0 Å². The highest BCUT2D eigenvalue weighted by molar-refractivity contribution is 6.30. The van der Waals surface area contributed by atoms with Crippen LogP contribution in [0.2, 0.25) is 5.02 Å². The van der Waals surface area contributed by atoms with Crippen molar-refractivity contribution in [1.82, 2.24) is 9.55 Å². The molecule has 3 aromatic carbocycles. The molecule has 0 fully saturated rings. The van der Waals surface area contributed by atoms with Gasteiger partial charge in [0.1, 0.15) is 5.75 Å². The van der Waals surface area contributed by atoms with Gasteiger partial charge in [0.2, 0.25) is 0 Å². The fourth-order valence-corrected chi connectivity index (χ4v) is 3.41. The van der Waals surface area contributed by atoms with Gasteiger partial charge in [-0.05, 0) is 48.4 Å². The number of carbonyl (C=O) groups is 1. The number of ether oxygens (including phenoxy) is 1. The maximum absolute atomic E-state index is 13.0. The van der Waals surface area contributed by atoms with Crippen molar-refractivity contribution in [3.8, 4) is 22.6 Å². The highest BCUT2D eigenvalue weighted by Gasteiger charge is 2.14. The van der Waals surface area contributed by atoms with Crippen molar-refractivity contribution in [2.24, 2.45) is 0 Å². The lowest BCUT2D eigenvalue weighted by atomic mass is 9.99. The topological polar surface area (TPSA) is 56.1 Å². The smallest absolute Gasteiger partial charge is 0.256 e. The number of hydrogen-bond acceptors (Lipinski definition) is 3. The Morgan fingerprint density at radius 3 is 2.53 bits per heavy atom. The number of carbonyl (C=O) groups excluding carboxylic acids is 1. The Morgan fingerprint density at radius 1 is 1.07 bits per heavy atom. The molecule has 0 aliphatic rings. The zero-order valence-electron chi connectivity index (χ0n) is 16.6. The van der Waals surface area contributed by atoms with Crippen molar-refractivity contribution in [2.45, 2.75) is 6.92 Å². The van der Waals surface area contributed by atoms with Crippen LogP contribution in [0, 0.1) is 6.92 Å². The highest BCUT2D eigenvalue weighted by atomic mass is 35.5. The van der Waals surface area contributed by atoms with E-state index >= 15 is 0 Å². The molecule has 1 aromatic heterocycles. The molecule has 0 saturated heterocycles. The Bertz CT molecular complexity index is 1200. The normalized spacial score (nSPS) is 10.6. The first-order valence-electron chi connectivity index (χ1n) is 9.40. The van der Waals surface area contributed by atoms with Crippen LogP contribution in [0.1, 0.15) is 16.1 Å². The molecule has 150 valence electrons. The van der Waals surface area contributed by atoms with Gasteiger partial charge in [-0.15, -0.1) is 0 Å². The van der Waals surface area contributed by atoms with Gasteiger partial charge in [-0.2, -0.15) is 0 Å². The van der Waals surface area contributed by atoms with Gasteiger partial charge >= 0.3 is 0 Å². The van der Waals surface area contributed by atoms with E-state index in [4.69, 9.17) is 16.3 Å². The van der Waals surface area contributed by atoms with Crippen molar-refractivity contribution < 1.29 is 9.53 Å². The number of amides is 1. The van der Waals surface area contributed by atoms with Gasteiger partial charge in [-0.3, -0.25) is 4.79 Å². The lowest BCUT2D eigenvalue weighted by Gasteiger charge is -2.13. The van der Waals surface area contributed by atoms with Gasteiger partial charge in [-0.1, -0.05) is 41.9 Å². The van der Waals surface area contributed by atoms with Crippen LogP contribution in [-0.4, -0.2) is 22.6 Å². The standard InChI is InChI=1S/C24H20ClN3O2/c1-16-14-28(15-26-16)22-12-11-19(13-23(22)30-2)27-24(29)21-6-4-3-5-20(21)17-7-9-18(25)10-8-17/h3-15H,1-2H3,(H,27,29). The average molecular weight is 418 g/mol. The Kier molecular flexibility index (Phi) is 5.55. The van der Waals surface area contributed by atoms with E-state index in [1.54, 1.807) is 25.6 Å². The third kappa shape index (κ3) is 4.07. The van der Waals surface area contributed by atoms with Crippen molar-refractivity contribution >= 4 is 23.2 Å². The molecule has 0 unspecified atom stereocenters. The predicted octanol–water partition coefficient (Wildman–Crippen LogP) is 5.76. The maximum Gasteiger partial charge on any atom is 0.256 e. The summed E-state index contributed by atoms with van der Waals surface area (Å²) in [5.74, 6) is 0.435. The fraction of sp³-hybridized carbons (Fsp3) is 0.0833. The summed E-state index contributed by atoms with van der Waals surface area (Å²) in [6.45, 7) is 1.93. The minimum absolute atomic E-state index is 0.200. The average Bonchev–Trinajstić information content (AvgIpc) is 3.20.